The van der Waals surface area contributed by atoms with E-state index < -0.39 is 5.97 Å². The summed E-state index contributed by atoms with van der Waals surface area (Å²) in [6, 6.07) is 3.16. The Kier molecular flexibility index (Phi) is 4.74. The van der Waals surface area contributed by atoms with Gasteiger partial charge in [0, 0.05) is 8.95 Å². The molecular weight excluding hydrogens is 325 g/mol. The van der Waals surface area contributed by atoms with Crippen LogP contribution in [-0.2, 0) is 0 Å². The fraction of sp³-hybridized carbons (Fsp3) is 0. The Morgan fingerprint density at radius 2 is 1.92 bits per heavy atom. The van der Waals surface area contributed by atoms with Crippen molar-refractivity contribution in [2.75, 3.05) is 5.73 Å². The smallest absolute Gasteiger partial charge is 0.337 e. The summed E-state index contributed by atoms with van der Waals surface area (Å²) in [7, 11) is 0. The number of nitrogens with two attached hydrogens (primary N) is 1. The van der Waals surface area contributed by atoms with Crippen LogP contribution in [0, 0.1) is 0 Å². The fourth-order valence-electron chi connectivity index (χ4n) is 0.762. The van der Waals surface area contributed by atoms with Crippen LogP contribution in [0.3, 0.4) is 0 Å². The molecule has 0 bridgehead atoms. The zero-order valence-electron chi connectivity index (χ0n) is 6.25. The number of carboxylic acid groups (broad SMARTS) is 1. The Morgan fingerprint density at radius 1 is 1.38 bits per heavy atom. The number of hydrogen-bond acceptors (Lipinski definition) is 2. The number of nitrogen functional groups attached to an aromatic ring is 1. The summed E-state index contributed by atoms with van der Waals surface area (Å²) in [5.41, 5.74) is 5.84. The van der Waals surface area contributed by atoms with E-state index in [9.17, 15) is 4.79 Å². The molecule has 0 spiro atoms. The molecule has 6 heteroatoms. The third-order valence-corrected chi connectivity index (χ3v) is 2.44. The predicted octanol–water partition coefficient (Wildman–Crippen LogP) is 2.91. The van der Waals surface area contributed by atoms with E-state index in [4.69, 9.17) is 10.8 Å². The van der Waals surface area contributed by atoms with E-state index in [-0.39, 0.29) is 23.7 Å². The van der Waals surface area contributed by atoms with Crippen molar-refractivity contribution in [1.29, 1.82) is 0 Å². The van der Waals surface area contributed by atoms with Crippen LogP contribution in [0.2, 0.25) is 0 Å². The van der Waals surface area contributed by atoms with E-state index in [2.05, 4.69) is 31.9 Å². The minimum Gasteiger partial charge on any atom is -0.478 e. The monoisotopic (exact) mass is 329 g/mol. The summed E-state index contributed by atoms with van der Waals surface area (Å²) >= 11 is 6.31. The van der Waals surface area contributed by atoms with Crippen LogP contribution < -0.4 is 5.73 Å². The summed E-state index contributed by atoms with van der Waals surface area (Å²) in [5, 5.41) is 8.69. The molecule has 0 saturated heterocycles. The third kappa shape index (κ3) is 2.86. The van der Waals surface area contributed by atoms with Gasteiger partial charge in [0.05, 0.1) is 11.3 Å². The first kappa shape index (κ1) is 12.7. The first-order valence-corrected chi connectivity index (χ1v) is 4.59. The SMILES string of the molecule is Cl.Nc1c(Br)cc(Br)cc1C(=O)O. The van der Waals surface area contributed by atoms with Gasteiger partial charge < -0.3 is 10.8 Å². The Morgan fingerprint density at radius 3 is 2.38 bits per heavy atom. The highest BCUT2D eigenvalue weighted by Gasteiger charge is 2.11. The molecule has 0 fully saturated rings. The molecule has 0 heterocycles. The van der Waals surface area contributed by atoms with Crippen molar-refractivity contribution >= 4 is 55.9 Å². The number of halogens is 3. The lowest BCUT2D eigenvalue weighted by molar-refractivity contribution is 0.0698. The van der Waals surface area contributed by atoms with Crippen molar-refractivity contribution in [3.63, 3.8) is 0 Å². The van der Waals surface area contributed by atoms with Gasteiger partial charge in [0.2, 0.25) is 0 Å². The molecule has 0 atom stereocenters. The number of benzene rings is 1. The highest BCUT2D eigenvalue weighted by Crippen LogP contribution is 2.27. The van der Waals surface area contributed by atoms with Gasteiger partial charge in [-0.2, -0.15) is 0 Å². The lowest BCUT2D eigenvalue weighted by atomic mass is 10.2. The fourth-order valence-corrected chi connectivity index (χ4v) is 1.99. The molecule has 0 aliphatic heterocycles. The quantitative estimate of drug-likeness (QED) is 0.778. The molecule has 1 aromatic rings. The molecular formula is C7H6Br2ClNO2. The molecule has 13 heavy (non-hydrogen) atoms. The van der Waals surface area contributed by atoms with Crippen molar-refractivity contribution in [3.8, 4) is 0 Å². The number of aromatic carboxylic acids is 1. The van der Waals surface area contributed by atoms with Crippen LogP contribution in [-0.4, -0.2) is 11.1 Å². The van der Waals surface area contributed by atoms with E-state index in [1.54, 1.807) is 6.07 Å². The van der Waals surface area contributed by atoms with Gasteiger partial charge in [-0.25, -0.2) is 4.79 Å². The summed E-state index contributed by atoms with van der Waals surface area (Å²) < 4.78 is 1.26. The second-order valence-electron chi connectivity index (χ2n) is 2.15. The molecule has 3 N–H and O–H groups in total. The maximum atomic E-state index is 10.6. The second-order valence-corrected chi connectivity index (χ2v) is 3.92. The lowest BCUT2D eigenvalue weighted by Gasteiger charge is -2.03. The van der Waals surface area contributed by atoms with Gasteiger partial charge in [-0.3, -0.25) is 0 Å². The Bertz CT molecular complexity index is 344. The molecule has 0 amide bonds. The van der Waals surface area contributed by atoms with Crippen molar-refractivity contribution < 1.29 is 9.90 Å². The number of anilines is 1. The standard InChI is InChI=1S/C7H5Br2NO2.ClH/c8-3-1-4(7(11)12)6(10)5(9)2-3;/h1-2H,10H2,(H,11,12);1H. The largest absolute Gasteiger partial charge is 0.478 e. The number of carboxylic acids is 1. The number of hydrogen-bond donors (Lipinski definition) is 2. The molecule has 1 aromatic carbocycles. The molecule has 1 rings (SSSR count). The molecule has 0 radical (unpaired) electrons. The average Bonchev–Trinajstić information content (AvgIpc) is 1.96. The molecule has 0 aliphatic rings. The van der Waals surface area contributed by atoms with Crippen LogP contribution >= 0.6 is 44.3 Å². The maximum absolute atomic E-state index is 10.6. The van der Waals surface area contributed by atoms with Crippen molar-refractivity contribution in [2.45, 2.75) is 0 Å². The second kappa shape index (κ2) is 4.83. The molecule has 0 aliphatic carbocycles. The summed E-state index contributed by atoms with van der Waals surface area (Å²) in [4.78, 5) is 10.6. The topological polar surface area (TPSA) is 63.3 Å². The van der Waals surface area contributed by atoms with Crippen LogP contribution in [0.25, 0.3) is 0 Å². The van der Waals surface area contributed by atoms with Gasteiger partial charge in [0.25, 0.3) is 0 Å². The van der Waals surface area contributed by atoms with Crippen LogP contribution in [0.1, 0.15) is 10.4 Å². The molecule has 0 saturated carbocycles. The van der Waals surface area contributed by atoms with Gasteiger partial charge in [0.15, 0.2) is 0 Å². The van der Waals surface area contributed by atoms with Crippen LogP contribution in [0.15, 0.2) is 21.1 Å². The van der Waals surface area contributed by atoms with Crippen LogP contribution in [0.5, 0.6) is 0 Å². The van der Waals surface area contributed by atoms with Crippen molar-refractivity contribution in [3.05, 3.63) is 26.6 Å². The van der Waals surface area contributed by atoms with Crippen molar-refractivity contribution in [1.82, 2.24) is 0 Å². The first-order chi connectivity index (χ1) is 5.52. The maximum Gasteiger partial charge on any atom is 0.337 e. The summed E-state index contributed by atoms with van der Waals surface area (Å²) in [6.07, 6.45) is 0. The van der Waals surface area contributed by atoms with E-state index in [1.165, 1.54) is 6.07 Å². The van der Waals surface area contributed by atoms with E-state index in [0.29, 0.717) is 8.95 Å². The first-order valence-electron chi connectivity index (χ1n) is 3.00. The minimum atomic E-state index is -1.03. The van der Waals surface area contributed by atoms with E-state index in [0.717, 1.165) is 0 Å². The van der Waals surface area contributed by atoms with E-state index >= 15 is 0 Å². The van der Waals surface area contributed by atoms with Gasteiger partial charge in [-0.15, -0.1) is 12.4 Å². The van der Waals surface area contributed by atoms with Gasteiger partial charge >= 0.3 is 5.97 Å². The van der Waals surface area contributed by atoms with Gasteiger partial charge in [0.1, 0.15) is 0 Å². The average molecular weight is 331 g/mol. The zero-order valence-corrected chi connectivity index (χ0v) is 10.2. The molecule has 3 nitrogen and oxygen atoms in total. The highest BCUT2D eigenvalue weighted by atomic mass is 79.9. The number of rotatable bonds is 1. The summed E-state index contributed by atoms with van der Waals surface area (Å²) in [5.74, 6) is -1.03. The van der Waals surface area contributed by atoms with E-state index in [1.807, 2.05) is 0 Å². The molecule has 0 aromatic heterocycles. The van der Waals surface area contributed by atoms with Crippen LogP contribution in [0.4, 0.5) is 5.69 Å². The van der Waals surface area contributed by atoms with Gasteiger partial charge in [-0.05, 0) is 28.1 Å². The predicted molar refractivity (Wildman–Crippen MR) is 60.5 cm³/mol. The molecule has 0 unspecified atom stereocenters. The zero-order chi connectivity index (χ0) is 9.30. The Balaban J connectivity index is 0.00000144. The Labute approximate surface area is 98.0 Å². The normalized spacial score (nSPS) is 9.08. The number of carbonyl (C=O) groups is 1. The Hall–Kier alpha value is -0.260. The molecule has 72 valence electrons. The highest BCUT2D eigenvalue weighted by molar-refractivity contribution is 9.11. The minimum absolute atomic E-state index is 0. The van der Waals surface area contributed by atoms with Gasteiger partial charge in [-0.1, -0.05) is 15.9 Å². The summed E-state index contributed by atoms with van der Waals surface area (Å²) in [6.45, 7) is 0. The van der Waals surface area contributed by atoms with Crippen molar-refractivity contribution in [2.24, 2.45) is 0 Å². The lowest BCUT2D eigenvalue weighted by Crippen LogP contribution is -2.02. The third-order valence-electron chi connectivity index (χ3n) is 1.32.